The van der Waals surface area contributed by atoms with Crippen molar-refractivity contribution in [3.8, 4) is 22.3 Å². The fraction of sp³-hybridized carbons (Fsp3) is 0.0526. The lowest BCUT2D eigenvalue weighted by atomic mass is 9.95. The van der Waals surface area contributed by atoms with Gasteiger partial charge in [0.05, 0.1) is 11.1 Å². The number of aromatic amines is 1. The number of hydrogen-bond donors (Lipinski definition) is 3. The second-order valence-electron chi connectivity index (χ2n) is 6.10. The van der Waals surface area contributed by atoms with Crippen LogP contribution in [0.1, 0.15) is 5.56 Å². The minimum atomic E-state index is -4.43. The molecule has 0 amide bonds. The highest BCUT2D eigenvalue weighted by atomic mass is 19.4. The van der Waals surface area contributed by atoms with Gasteiger partial charge in [0.2, 0.25) is 0 Å². The van der Waals surface area contributed by atoms with Gasteiger partial charge in [-0.05, 0) is 53.1 Å². The third-order valence-electron chi connectivity index (χ3n) is 4.32. The van der Waals surface area contributed by atoms with Crippen molar-refractivity contribution >= 4 is 22.5 Å². The fourth-order valence-corrected chi connectivity index (χ4v) is 3.03. The van der Waals surface area contributed by atoms with Gasteiger partial charge in [-0.1, -0.05) is 12.1 Å². The highest BCUT2D eigenvalue weighted by molar-refractivity contribution is 6.02. The summed E-state index contributed by atoms with van der Waals surface area (Å²) in [6, 6.07) is 12.2. The summed E-state index contributed by atoms with van der Waals surface area (Å²) in [6.45, 7) is 0. The van der Waals surface area contributed by atoms with Crippen molar-refractivity contribution in [3.05, 3.63) is 60.3 Å². The molecule has 0 spiro atoms. The zero-order valence-corrected chi connectivity index (χ0v) is 13.9. The second-order valence-corrected chi connectivity index (χ2v) is 6.10. The van der Waals surface area contributed by atoms with Crippen molar-refractivity contribution < 1.29 is 13.2 Å². The number of benzene rings is 2. The van der Waals surface area contributed by atoms with Gasteiger partial charge < -0.3 is 11.5 Å². The van der Waals surface area contributed by atoms with Crippen LogP contribution in [-0.4, -0.2) is 15.2 Å². The molecule has 8 heteroatoms. The molecule has 0 unspecified atom stereocenters. The number of halogens is 3. The Hall–Kier alpha value is -3.55. The van der Waals surface area contributed by atoms with Crippen LogP contribution in [0, 0.1) is 0 Å². The quantitative estimate of drug-likeness (QED) is 0.486. The lowest BCUT2D eigenvalue weighted by Crippen LogP contribution is -2.04. The topological polar surface area (TPSA) is 93.6 Å². The van der Waals surface area contributed by atoms with Gasteiger partial charge in [0.25, 0.3) is 0 Å². The van der Waals surface area contributed by atoms with E-state index in [0.29, 0.717) is 27.8 Å². The first kappa shape index (κ1) is 16.9. The molecular weight excluding hydrogens is 355 g/mol. The maximum Gasteiger partial charge on any atom is 0.416 e. The highest BCUT2D eigenvalue weighted by Crippen LogP contribution is 2.37. The molecule has 0 aliphatic carbocycles. The molecule has 0 saturated heterocycles. The Morgan fingerprint density at radius 3 is 2.44 bits per heavy atom. The third kappa shape index (κ3) is 3.05. The molecule has 0 aliphatic heterocycles. The molecule has 5 N–H and O–H groups in total. The Labute approximate surface area is 151 Å². The van der Waals surface area contributed by atoms with E-state index >= 15 is 0 Å². The van der Waals surface area contributed by atoms with Crippen molar-refractivity contribution in [2.24, 2.45) is 0 Å². The predicted molar refractivity (Wildman–Crippen MR) is 98.6 cm³/mol. The van der Waals surface area contributed by atoms with Crippen LogP contribution in [0.25, 0.3) is 33.2 Å². The number of anilines is 2. The zero-order chi connectivity index (χ0) is 19.2. The van der Waals surface area contributed by atoms with Crippen LogP contribution in [0.2, 0.25) is 0 Å². The number of fused-ring (bicyclic) bond motifs is 1. The summed E-state index contributed by atoms with van der Waals surface area (Å²) in [5.41, 5.74) is 14.0. The lowest BCUT2D eigenvalue weighted by molar-refractivity contribution is -0.137. The second kappa shape index (κ2) is 6.01. The number of nitrogens with zero attached hydrogens (tertiary/aromatic N) is 2. The Morgan fingerprint density at radius 1 is 0.889 bits per heavy atom. The third-order valence-corrected chi connectivity index (χ3v) is 4.32. The Morgan fingerprint density at radius 2 is 1.70 bits per heavy atom. The van der Waals surface area contributed by atoms with Crippen LogP contribution >= 0.6 is 0 Å². The fourth-order valence-electron chi connectivity index (χ4n) is 3.03. The molecule has 4 aromatic rings. The number of nitrogens with two attached hydrogens (primary N) is 2. The monoisotopic (exact) mass is 369 g/mol. The molecule has 2 aromatic carbocycles. The van der Waals surface area contributed by atoms with Crippen molar-refractivity contribution in [3.63, 3.8) is 0 Å². The lowest BCUT2D eigenvalue weighted by Gasteiger charge is -2.11. The molecule has 2 aromatic heterocycles. The zero-order valence-electron chi connectivity index (χ0n) is 13.9. The number of H-pyrrole nitrogens is 1. The number of pyridine rings is 1. The van der Waals surface area contributed by atoms with Crippen molar-refractivity contribution in [1.82, 2.24) is 15.2 Å². The molecule has 0 atom stereocenters. The van der Waals surface area contributed by atoms with Gasteiger partial charge in [0, 0.05) is 17.1 Å². The number of nitrogen functional groups attached to an aromatic ring is 2. The van der Waals surface area contributed by atoms with Crippen molar-refractivity contribution in [2.75, 3.05) is 11.5 Å². The molecular formula is C19H14F3N5. The van der Waals surface area contributed by atoms with E-state index in [1.165, 1.54) is 6.07 Å². The number of aromatic nitrogens is 3. The van der Waals surface area contributed by atoms with Crippen molar-refractivity contribution in [1.29, 1.82) is 0 Å². The van der Waals surface area contributed by atoms with Gasteiger partial charge in [0.15, 0.2) is 5.82 Å². The molecule has 0 radical (unpaired) electrons. The van der Waals surface area contributed by atoms with Crippen LogP contribution in [0.15, 0.2) is 54.7 Å². The smallest absolute Gasteiger partial charge is 0.384 e. The van der Waals surface area contributed by atoms with Crippen molar-refractivity contribution in [2.45, 2.75) is 6.18 Å². The van der Waals surface area contributed by atoms with E-state index in [2.05, 4.69) is 15.2 Å². The summed E-state index contributed by atoms with van der Waals surface area (Å²) in [6.07, 6.45) is -2.86. The largest absolute Gasteiger partial charge is 0.416 e. The highest BCUT2D eigenvalue weighted by Gasteiger charge is 2.30. The van der Waals surface area contributed by atoms with E-state index in [1.54, 1.807) is 30.5 Å². The van der Waals surface area contributed by atoms with Gasteiger partial charge in [-0.25, -0.2) is 4.98 Å². The summed E-state index contributed by atoms with van der Waals surface area (Å²) in [4.78, 5) is 3.96. The minimum Gasteiger partial charge on any atom is -0.384 e. The first-order valence-electron chi connectivity index (χ1n) is 8.00. The minimum absolute atomic E-state index is 0.266. The van der Waals surface area contributed by atoms with Crippen LogP contribution in [0.3, 0.4) is 0 Å². The number of hydrogen-bond acceptors (Lipinski definition) is 4. The summed E-state index contributed by atoms with van der Waals surface area (Å²) >= 11 is 0. The average Bonchev–Trinajstić information content (AvgIpc) is 3.01. The van der Waals surface area contributed by atoms with Gasteiger partial charge >= 0.3 is 6.18 Å². The Bertz CT molecular complexity index is 1150. The standard InChI is InChI=1S/C19H14F3N5/c20-19(21,22)13-3-1-2-11(6-13)14-7-12(10-4-5-25-16(23)9-10)8-15-17(14)26-27-18(15)24/h1-9H,(H2,23,25)(H3,24,26,27). The first-order chi connectivity index (χ1) is 12.8. The molecule has 5 nitrogen and oxygen atoms in total. The van der Waals surface area contributed by atoms with E-state index in [1.807, 2.05) is 6.07 Å². The summed E-state index contributed by atoms with van der Waals surface area (Å²) in [5.74, 6) is 0.607. The molecule has 136 valence electrons. The molecule has 2 heterocycles. The van der Waals surface area contributed by atoms with E-state index in [0.717, 1.165) is 23.3 Å². The number of rotatable bonds is 2. The maximum atomic E-state index is 13.1. The average molecular weight is 369 g/mol. The van der Waals surface area contributed by atoms with Gasteiger partial charge in [-0.3, -0.25) is 5.10 Å². The van der Waals surface area contributed by atoms with Gasteiger partial charge in [-0.15, -0.1) is 0 Å². The molecule has 0 saturated carbocycles. The summed E-state index contributed by atoms with van der Waals surface area (Å²) in [5, 5.41) is 7.43. The van der Waals surface area contributed by atoms with E-state index in [9.17, 15) is 13.2 Å². The number of alkyl halides is 3. The first-order valence-corrected chi connectivity index (χ1v) is 8.00. The van der Waals surface area contributed by atoms with E-state index < -0.39 is 11.7 Å². The van der Waals surface area contributed by atoms with Gasteiger partial charge in [-0.2, -0.15) is 18.3 Å². The SMILES string of the molecule is Nc1cc(-c2cc(-c3cccc(C(F)(F)F)c3)c3[nH]nc(N)c3c2)ccn1. The number of nitrogens with one attached hydrogen (secondary N) is 1. The van der Waals surface area contributed by atoms with E-state index in [-0.39, 0.29) is 5.82 Å². The molecule has 4 rings (SSSR count). The Kier molecular flexibility index (Phi) is 3.76. The maximum absolute atomic E-state index is 13.1. The van der Waals surface area contributed by atoms with Crippen LogP contribution in [-0.2, 0) is 6.18 Å². The van der Waals surface area contributed by atoms with E-state index in [4.69, 9.17) is 11.5 Å². The molecule has 0 aliphatic rings. The van der Waals surface area contributed by atoms with Crippen LogP contribution in [0.5, 0.6) is 0 Å². The molecule has 27 heavy (non-hydrogen) atoms. The molecule has 0 bridgehead atoms. The molecule has 0 fully saturated rings. The summed E-state index contributed by atoms with van der Waals surface area (Å²) < 4.78 is 39.4. The van der Waals surface area contributed by atoms with Crippen LogP contribution in [0.4, 0.5) is 24.8 Å². The van der Waals surface area contributed by atoms with Gasteiger partial charge in [0.1, 0.15) is 5.82 Å². The predicted octanol–water partition coefficient (Wildman–Crippen LogP) is 4.48. The normalized spacial score (nSPS) is 11.8. The van der Waals surface area contributed by atoms with Crippen LogP contribution < -0.4 is 11.5 Å². The summed E-state index contributed by atoms with van der Waals surface area (Å²) in [7, 11) is 0. The Balaban J connectivity index is 1.98.